The number of ether oxygens (including phenoxy) is 1. The summed E-state index contributed by atoms with van der Waals surface area (Å²) in [5.41, 5.74) is 5.59. The fourth-order valence-corrected chi connectivity index (χ4v) is 4.03. The van der Waals surface area contributed by atoms with Crippen LogP contribution in [-0.2, 0) is 4.79 Å². The Morgan fingerprint density at radius 2 is 2.08 bits per heavy atom. The Bertz CT molecular complexity index is 766. The van der Waals surface area contributed by atoms with E-state index < -0.39 is 18.0 Å². The van der Waals surface area contributed by atoms with E-state index in [0.29, 0.717) is 6.54 Å². The molecule has 0 aromatic heterocycles. The maximum atomic E-state index is 12.7. The Hall–Kier alpha value is -2.29. The van der Waals surface area contributed by atoms with Gasteiger partial charge in [-0.1, -0.05) is 0 Å². The SMILES string of the molecule is N=C(C(=O)N1CCN2CCC23CC13)c1ccc(OC(F)(F)F)cc1N. The number of rotatable bonds is 3. The molecular weight excluding hydrogens is 337 g/mol. The summed E-state index contributed by atoms with van der Waals surface area (Å²) >= 11 is 0. The monoisotopic (exact) mass is 354 g/mol. The Balaban J connectivity index is 1.50. The molecule has 1 amide bonds. The predicted octanol–water partition coefficient (Wildman–Crippen LogP) is 1.59. The van der Waals surface area contributed by atoms with Crippen molar-refractivity contribution in [1.82, 2.24) is 9.80 Å². The van der Waals surface area contributed by atoms with Crippen LogP contribution < -0.4 is 10.5 Å². The van der Waals surface area contributed by atoms with Gasteiger partial charge in [-0.05, 0) is 25.0 Å². The van der Waals surface area contributed by atoms with Gasteiger partial charge in [0.05, 0.1) is 6.04 Å². The van der Waals surface area contributed by atoms with Crippen molar-refractivity contribution in [3.8, 4) is 5.75 Å². The lowest BCUT2D eigenvalue weighted by Gasteiger charge is -2.48. The summed E-state index contributed by atoms with van der Waals surface area (Å²) < 4.78 is 40.6. The highest BCUT2D eigenvalue weighted by atomic mass is 19.4. The van der Waals surface area contributed by atoms with E-state index in [9.17, 15) is 18.0 Å². The van der Waals surface area contributed by atoms with Crippen molar-refractivity contribution < 1.29 is 22.7 Å². The molecular formula is C16H17F3N4O2. The summed E-state index contributed by atoms with van der Waals surface area (Å²) in [5, 5.41) is 8.16. The number of piperazine rings is 1. The van der Waals surface area contributed by atoms with Crippen molar-refractivity contribution in [2.24, 2.45) is 0 Å². The van der Waals surface area contributed by atoms with Gasteiger partial charge in [-0.25, -0.2) is 0 Å². The standard InChI is InChI=1S/C16H17F3N4O2/c17-16(18,19)25-9-1-2-10(11(20)7-9)13(21)14(24)23-6-5-22-4-3-15(22)8-12(15)23/h1-2,7,12,21H,3-6,8,20H2. The van der Waals surface area contributed by atoms with Gasteiger partial charge in [0.1, 0.15) is 11.5 Å². The maximum Gasteiger partial charge on any atom is 0.573 e. The highest BCUT2D eigenvalue weighted by Gasteiger charge is 2.68. The highest BCUT2D eigenvalue weighted by molar-refractivity contribution is 6.45. The van der Waals surface area contributed by atoms with E-state index in [1.165, 1.54) is 6.07 Å². The maximum absolute atomic E-state index is 12.7. The Morgan fingerprint density at radius 3 is 2.68 bits per heavy atom. The molecule has 2 unspecified atom stereocenters. The average Bonchev–Trinajstić information content (AvgIpc) is 3.25. The van der Waals surface area contributed by atoms with Gasteiger partial charge in [-0.2, -0.15) is 0 Å². The van der Waals surface area contributed by atoms with Crippen molar-refractivity contribution in [2.45, 2.75) is 30.8 Å². The molecule has 3 aliphatic rings. The van der Waals surface area contributed by atoms with Crippen molar-refractivity contribution >= 4 is 17.3 Å². The van der Waals surface area contributed by atoms with Crippen LogP contribution in [0.15, 0.2) is 18.2 Å². The number of carbonyl (C=O) groups excluding carboxylic acids is 1. The lowest BCUT2D eigenvalue weighted by atomic mass is 9.96. The van der Waals surface area contributed by atoms with Crippen LogP contribution in [0.3, 0.4) is 0 Å². The molecule has 6 nitrogen and oxygen atoms in total. The van der Waals surface area contributed by atoms with Gasteiger partial charge in [0.25, 0.3) is 5.91 Å². The number of carbonyl (C=O) groups is 1. The van der Waals surface area contributed by atoms with Crippen LogP contribution in [0.25, 0.3) is 0 Å². The van der Waals surface area contributed by atoms with Gasteiger partial charge in [-0.15, -0.1) is 13.2 Å². The number of amides is 1. The lowest BCUT2D eigenvalue weighted by molar-refractivity contribution is -0.274. The van der Waals surface area contributed by atoms with Gasteiger partial charge in [0.2, 0.25) is 0 Å². The quantitative estimate of drug-likeness (QED) is 0.638. The van der Waals surface area contributed by atoms with Gasteiger partial charge in [0.15, 0.2) is 0 Å². The molecule has 134 valence electrons. The Labute approximate surface area is 141 Å². The molecule has 1 aromatic rings. The highest BCUT2D eigenvalue weighted by Crippen LogP contribution is 2.56. The van der Waals surface area contributed by atoms with E-state index in [1.54, 1.807) is 4.90 Å². The van der Waals surface area contributed by atoms with Crippen molar-refractivity contribution in [3.05, 3.63) is 23.8 Å². The number of nitrogens with zero attached hydrogens (tertiary/aromatic N) is 2. The first-order valence-electron chi connectivity index (χ1n) is 8.01. The average molecular weight is 354 g/mol. The first kappa shape index (κ1) is 16.2. The summed E-state index contributed by atoms with van der Waals surface area (Å²) in [6.07, 6.45) is -2.82. The molecule has 1 aromatic carbocycles. The van der Waals surface area contributed by atoms with Crippen molar-refractivity contribution in [3.63, 3.8) is 0 Å². The van der Waals surface area contributed by atoms with Gasteiger partial charge >= 0.3 is 6.36 Å². The molecule has 9 heteroatoms. The molecule has 2 aliphatic heterocycles. The van der Waals surface area contributed by atoms with Gasteiger partial charge < -0.3 is 15.4 Å². The summed E-state index contributed by atoms with van der Waals surface area (Å²) in [7, 11) is 0. The number of alkyl halides is 3. The van der Waals surface area contributed by atoms with Crippen LogP contribution >= 0.6 is 0 Å². The number of hydrogen-bond donors (Lipinski definition) is 2. The molecule has 2 saturated heterocycles. The third-order valence-corrected chi connectivity index (χ3v) is 5.44. The molecule has 0 bridgehead atoms. The van der Waals surface area contributed by atoms with Crippen LogP contribution in [0, 0.1) is 5.41 Å². The topological polar surface area (TPSA) is 82.7 Å². The molecule has 1 saturated carbocycles. The molecule has 4 rings (SSSR count). The molecule has 2 heterocycles. The minimum absolute atomic E-state index is 0.0899. The van der Waals surface area contributed by atoms with Crippen molar-refractivity contribution in [2.75, 3.05) is 25.4 Å². The molecule has 2 atom stereocenters. The molecule has 1 aliphatic carbocycles. The number of nitrogens with two attached hydrogens (primary N) is 1. The molecule has 3 fully saturated rings. The number of halogens is 3. The second-order valence-corrected chi connectivity index (χ2v) is 6.73. The number of nitrogen functional groups attached to an aromatic ring is 1. The van der Waals surface area contributed by atoms with E-state index in [2.05, 4.69) is 9.64 Å². The smallest absolute Gasteiger partial charge is 0.406 e. The number of hydrogen-bond acceptors (Lipinski definition) is 5. The van der Waals surface area contributed by atoms with Gasteiger partial charge in [-0.3, -0.25) is 15.1 Å². The summed E-state index contributed by atoms with van der Waals surface area (Å²) in [4.78, 5) is 16.8. The van der Waals surface area contributed by atoms with E-state index >= 15 is 0 Å². The molecule has 1 spiro atoms. The van der Waals surface area contributed by atoms with E-state index in [4.69, 9.17) is 11.1 Å². The predicted molar refractivity (Wildman–Crippen MR) is 83.4 cm³/mol. The van der Waals surface area contributed by atoms with Crippen LogP contribution in [0.1, 0.15) is 18.4 Å². The number of nitrogens with one attached hydrogen (secondary N) is 1. The molecule has 3 N–H and O–H groups in total. The van der Waals surface area contributed by atoms with Crippen LogP contribution in [0.4, 0.5) is 18.9 Å². The fourth-order valence-electron chi connectivity index (χ4n) is 4.03. The number of anilines is 1. The third-order valence-electron chi connectivity index (χ3n) is 5.44. The first-order valence-corrected chi connectivity index (χ1v) is 8.01. The zero-order valence-corrected chi connectivity index (χ0v) is 13.3. The van der Waals surface area contributed by atoms with E-state index in [1.807, 2.05) is 0 Å². The Morgan fingerprint density at radius 1 is 1.32 bits per heavy atom. The van der Waals surface area contributed by atoms with Gasteiger partial charge in [0, 0.05) is 42.5 Å². The van der Waals surface area contributed by atoms with E-state index in [-0.39, 0.29) is 28.5 Å². The van der Waals surface area contributed by atoms with Crippen molar-refractivity contribution in [1.29, 1.82) is 5.41 Å². The largest absolute Gasteiger partial charge is 0.573 e. The van der Waals surface area contributed by atoms with Crippen LogP contribution in [-0.4, -0.2) is 59.0 Å². The first-order chi connectivity index (χ1) is 11.7. The third kappa shape index (κ3) is 2.53. The molecule has 25 heavy (non-hydrogen) atoms. The zero-order chi connectivity index (χ0) is 18.0. The van der Waals surface area contributed by atoms with Crippen LogP contribution in [0.2, 0.25) is 0 Å². The summed E-state index contributed by atoms with van der Waals surface area (Å²) in [6.45, 7) is 2.41. The minimum Gasteiger partial charge on any atom is -0.406 e. The summed E-state index contributed by atoms with van der Waals surface area (Å²) in [6, 6.07) is 3.40. The normalized spacial score (nSPS) is 27.8. The lowest BCUT2D eigenvalue weighted by Crippen LogP contribution is -2.62. The summed E-state index contributed by atoms with van der Waals surface area (Å²) in [5.74, 6) is -0.900. The molecule has 0 radical (unpaired) electrons. The second kappa shape index (κ2) is 5.10. The minimum atomic E-state index is -4.82. The zero-order valence-electron chi connectivity index (χ0n) is 13.3. The Kier molecular flexibility index (Phi) is 3.31. The van der Waals surface area contributed by atoms with Crippen LogP contribution in [0.5, 0.6) is 5.75 Å². The second-order valence-electron chi connectivity index (χ2n) is 6.73. The number of benzene rings is 1. The fraction of sp³-hybridized carbons (Fsp3) is 0.500. The van der Waals surface area contributed by atoms with E-state index in [0.717, 1.165) is 38.1 Å².